The number of hydrogen-bond acceptors (Lipinski definition) is 5. The van der Waals surface area contributed by atoms with Crippen molar-refractivity contribution >= 4 is 22.8 Å². The Morgan fingerprint density at radius 2 is 1.95 bits per heavy atom. The van der Waals surface area contributed by atoms with Crippen molar-refractivity contribution in [1.82, 2.24) is 18.5 Å². The van der Waals surface area contributed by atoms with Gasteiger partial charge in [-0.2, -0.15) is 4.98 Å². The summed E-state index contributed by atoms with van der Waals surface area (Å²) < 4.78 is 9.21. The van der Waals surface area contributed by atoms with E-state index in [2.05, 4.69) is 4.98 Å². The summed E-state index contributed by atoms with van der Waals surface area (Å²) in [6, 6.07) is 0. The van der Waals surface area contributed by atoms with Crippen molar-refractivity contribution in [1.29, 1.82) is 0 Å². The molecule has 0 radical (unpaired) electrons. The van der Waals surface area contributed by atoms with Gasteiger partial charge in [-0.15, -0.1) is 0 Å². The third-order valence-corrected chi connectivity index (χ3v) is 3.58. The average Bonchev–Trinajstić information content (AvgIpc) is 2.90. The first-order chi connectivity index (χ1) is 9.82. The van der Waals surface area contributed by atoms with Crippen LogP contribution in [0.2, 0.25) is 0 Å². The Morgan fingerprint density at radius 1 is 1.29 bits per heavy atom. The molecule has 0 saturated carbocycles. The lowest BCUT2D eigenvalue weighted by Gasteiger charge is -2.06. The Morgan fingerprint density at radius 3 is 2.57 bits per heavy atom. The van der Waals surface area contributed by atoms with Gasteiger partial charge in [0.2, 0.25) is 0 Å². The van der Waals surface area contributed by atoms with Gasteiger partial charge in [0.05, 0.1) is 12.2 Å². The van der Waals surface area contributed by atoms with Gasteiger partial charge in [-0.3, -0.25) is 23.1 Å². The maximum absolute atomic E-state index is 12.6. The molecule has 0 bridgehead atoms. The number of hydrogen-bond donors (Lipinski definition) is 0. The van der Waals surface area contributed by atoms with E-state index in [-0.39, 0.29) is 29.3 Å². The number of aryl methyl sites for hydroxylation is 3. The number of aromatic nitrogens is 4. The van der Waals surface area contributed by atoms with Gasteiger partial charge >= 0.3 is 11.5 Å². The Hall–Kier alpha value is -2.64. The van der Waals surface area contributed by atoms with Crippen LogP contribution in [0.5, 0.6) is 0 Å². The van der Waals surface area contributed by atoms with Crippen molar-refractivity contribution < 1.29 is 9.21 Å². The number of oxazole rings is 1. The van der Waals surface area contributed by atoms with Gasteiger partial charge in [-0.1, -0.05) is 0 Å². The highest BCUT2D eigenvalue weighted by Crippen LogP contribution is 2.19. The van der Waals surface area contributed by atoms with Crippen LogP contribution in [-0.2, 0) is 18.4 Å². The molecule has 3 rings (SSSR count). The fourth-order valence-electron chi connectivity index (χ4n) is 2.41. The number of nitrogens with zero attached hydrogens (tertiary/aromatic N) is 4. The Labute approximate surface area is 118 Å². The summed E-state index contributed by atoms with van der Waals surface area (Å²) in [5, 5.41) is 0. The maximum atomic E-state index is 12.6. The van der Waals surface area contributed by atoms with Gasteiger partial charge in [-0.05, 0) is 20.8 Å². The van der Waals surface area contributed by atoms with Gasteiger partial charge in [0.25, 0.3) is 5.56 Å². The van der Waals surface area contributed by atoms with Crippen molar-refractivity contribution in [3.8, 4) is 0 Å². The van der Waals surface area contributed by atoms with E-state index in [9.17, 15) is 14.4 Å². The Kier molecular flexibility index (Phi) is 2.65. The van der Waals surface area contributed by atoms with Crippen molar-refractivity contribution in [3.63, 3.8) is 0 Å². The van der Waals surface area contributed by atoms with Crippen molar-refractivity contribution in [2.24, 2.45) is 7.05 Å². The summed E-state index contributed by atoms with van der Waals surface area (Å²) in [6.07, 6.45) is 0. The summed E-state index contributed by atoms with van der Waals surface area (Å²) >= 11 is 0. The zero-order valence-corrected chi connectivity index (χ0v) is 12.1. The molecular weight excluding hydrogens is 276 g/mol. The van der Waals surface area contributed by atoms with Crippen LogP contribution in [0.25, 0.3) is 17.0 Å². The van der Waals surface area contributed by atoms with Crippen LogP contribution in [-0.4, -0.2) is 24.3 Å². The molecule has 0 saturated heterocycles. The van der Waals surface area contributed by atoms with Crippen molar-refractivity contribution in [2.75, 3.05) is 0 Å². The van der Waals surface area contributed by atoms with Crippen LogP contribution < -0.4 is 11.2 Å². The molecule has 8 nitrogen and oxygen atoms in total. The van der Waals surface area contributed by atoms with E-state index in [1.54, 1.807) is 18.2 Å². The monoisotopic (exact) mass is 290 g/mol. The molecule has 0 fully saturated rings. The number of carbonyl (C=O) groups excluding carboxylic acids is 1. The summed E-state index contributed by atoms with van der Waals surface area (Å²) in [5.41, 5.74) is 0.101. The largest absolute Gasteiger partial charge is 0.428 e. The first-order valence-electron chi connectivity index (χ1n) is 6.40. The molecule has 0 amide bonds. The minimum atomic E-state index is -0.571. The molecule has 3 aromatic rings. The molecule has 0 atom stereocenters. The first kappa shape index (κ1) is 13.3. The lowest BCUT2D eigenvalue weighted by atomic mass is 10.4. The summed E-state index contributed by atoms with van der Waals surface area (Å²) in [6.45, 7) is 4.64. The van der Waals surface area contributed by atoms with Crippen LogP contribution >= 0.6 is 0 Å². The smallest absolute Gasteiger partial charge is 0.332 e. The standard InChI is InChI=1S/C13H14N4O4/c1-6(18)5-16-11(19)9-10(15(4)13(16)20)14-12-17(9)7(2)8(3)21-12/h5H2,1-4H3. The number of Topliss-reactive ketones (excluding diaryl/α,β-unsaturated/α-hetero) is 1. The molecule has 0 unspecified atom stereocenters. The molecule has 110 valence electrons. The minimum absolute atomic E-state index is 0.239. The molecule has 0 aliphatic heterocycles. The summed E-state index contributed by atoms with van der Waals surface area (Å²) in [4.78, 5) is 40.2. The fraction of sp³-hybridized carbons (Fsp3) is 0.385. The normalized spacial score (nSPS) is 11.6. The van der Waals surface area contributed by atoms with Gasteiger partial charge in [0.15, 0.2) is 11.2 Å². The average molecular weight is 290 g/mol. The van der Waals surface area contributed by atoms with Crippen LogP contribution in [0.1, 0.15) is 18.4 Å². The third kappa shape index (κ3) is 1.68. The van der Waals surface area contributed by atoms with E-state index in [0.717, 1.165) is 10.3 Å². The second-order valence-electron chi connectivity index (χ2n) is 5.08. The molecule has 0 aliphatic carbocycles. The zero-order valence-electron chi connectivity index (χ0n) is 12.1. The van der Waals surface area contributed by atoms with E-state index in [1.165, 1.54) is 18.5 Å². The van der Waals surface area contributed by atoms with E-state index in [0.29, 0.717) is 5.76 Å². The SMILES string of the molecule is CC(=O)Cn1c(=O)c2c(nc3oc(C)c(C)n32)n(C)c1=O. The molecule has 8 heteroatoms. The molecule has 3 aromatic heterocycles. The second-order valence-corrected chi connectivity index (χ2v) is 5.08. The number of carbonyl (C=O) groups is 1. The topological polar surface area (TPSA) is 91.5 Å². The molecule has 3 heterocycles. The van der Waals surface area contributed by atoms with E-state index in [1.807, 2.05) is 0 Å². The fourth-order valence-corrected chi connectivity index (χ4v) is 2.41. The summed E-state index contributed by atoms with van der Waals surface area (Å²) in [5.74, 6) is 0.632. The highest BCUT2D eigenvalue weighted by Gasteiger charge is 2.21. The van der Waals surface area contributed by atoms with Gasteiger partial charge in [0.1, 0.15) is 11.5 Å². The predicted molar refractivity (Wildman–Crippen MR) is 74.6 cm³/mol. The second kappa shape index (κ2) is 4.18. The minimum Gasteiger partial charge on any atom is -0.428 e. The van der Waals surface area contributed by atoms with Crippen LogP contribution in [0.15, 0.2) is 14.0 Å². The highest BCUT2D eigenvalue weighted by atomic mass is 16.4. The Bertz CT molecular complexity index is 1020. The van der Waals surface area contributed by atoms with E-state index in [4.69, 9.17) is 4.42 Å². The predicted octanol–water partition coefficient (Wildman–Crippen LogP) is 0.147. The summed E-state index contributed by atoms with van der Waals surface area (Å²) in [7, 11) is 1.51. The zero-order chi connectivity index (χ0) is 15.5. The number of imidazole rings is 1. The molecule has 0 spiro atoms. The molecule has 21 heavy (non-hydrogen) atoms. The number of rotatable bonds is 2. The third-order valence-electron chi connectivity index (χ3n) is 3.58. The Balaban J connectivity index is 2.58. The molecular formula is C13H14N4O4. The first-order valence-corrected chi connectivity index (χ1v) is 6.40. The van der Waals surface area contributed by atoms with E-state index >= 15 is 0 Å². The lowest BCUT2D eigenvalue weighted by Crippen LogP contribution is -2.40. The van der Waals surface area contributed by atoms with Gasteiger partial charge < -0.3 is 4.42 Å². The quantitative estimate of drug-likeness (QED) is 0.670. The maximum Gasteiger partial charge on any atom is 0.332 e. The lowest BCUT2D eigenvalue weighted by molar-refractivity contribution is -0.117. The van der Waals surface area contributed by atoms with Crippen LogP contribution in [0.3, 0.4) is 0 Å². The number of ketones is 1. The molecule has 0 aliphatic rings. The van der Waals surface area contributed by atoms with Gasteiger partial charge in [-0.25, -0.2) is 4.79 Å². The van der Waals surface area contributed by atoms with Crippen LogP contribution in [0, 0.1) is 13.8 Å². The van der Waals surface area contributed by atoms with Crippen LogP contribution in [0.4, 0.5) is 0 Å². The van der Waals surface area contributed by atoms with Crippen molar-refractivity contribution in [3.05, 3.63) is 32.3 Å². The molecule has 0 N–H and O–H groups in total. The van der Waals surface area contributed by atoms with Crippen molar-refractivity contribution in [2.45, 2.75) is 27.3 Å². The number of fused-ring (bicyclic) bond motifs is 3. The van der Waals surface area contributed by atoms with Gasteiger partial charge in [0, 0.05) is 7.05 Å². The molecule has 0 aromatic carbocycles. The van der Waals surface area contributed by atoms with E-state index < -0.39 is 11.2 Å². The highest BCUT2D eigenvalue weighted by molar-refractivity contribution is 5.77.